The number of carbonyl (C=O) groups excluding carboxylic acids is 1. The molecular formula is C16H22N6OS. The molecule has 7 nitrogen and oxygen atoms in total. The van der Waals surface area contributed by atoms with Gasteiger partial charge in [0.05, 0.1) is 5.69 Å². The Morgan fingerprint density at radius 2 is 2.12 bits per heavy atom. The van der Waals surface area contributed by atoms with Crippen LogP contribution in [0.3, 0.4) is 0 Å². The average molecular weight is 346 g/mol. The summed E-state index contributed by atoms with van der Waals surface area (Å²) >= 11 is 1.40. The van der Waals surface area contributed by atoms with Crippen molar-refractivity contribution in [2.24, 2.45) is 5.92 Å². The summed E-state index contributed by atoms with van der Waals surface area (Å²) in [6.45, 7) is 8.76. The topological polar surface area (TPSA) is 83.0 Å². The monoisotopic (exact) mass is 346 g/mol. The third kappa shape index (κ3) is 4.00. The number of hydrogen-bond acceptors (Lipinski definition) is 6. The molecule has 2 N–H and O–H groups in total. The van der Waals surface area contributed by atoms with Crippen LogP contribution in [0, 0.1) is 5.92 Å². The molecule has 0 radical (unpaired) electrons. The van der Waals surface area contributed by atoms with Gasteiger partial charge in [-0.1, -0.05) is 20.8 Å². The molecule has 0 spiro atoms. The molecule has 3 heterocycles. The van der Waals surface area contributed by atoms with Crippen LogP contribution < -0.4 is 15.5 Å². The Morgan fingerprint density at radius 3 is 2.71 bits per heavy atom. The third-order valence-corrected chi connectivity index (χ3v) is 4.59. The first-order chi connectivity index (χ1) is 11.4. The second-order valence-electron chi connectivity index (χ2n) is 6.97. The van der Waals surface area contributed by atoms with E-state index in [1.807, 2.05) is 17.5 Å². The van der Waals surface area contributed by atoms with Crippen molar-refractivity contribution in [2.75, 3.05) is 29.9 Å². The fraction of sp³-hybridized carbons (Fsp3) is 0.500. The van der Waals surface area contributed by atoms with Crippen molar-refractivity contribution in [1.82, 2.24) is 20.5 Å². The molecule has 0 aliphatic carbocycles. The van der Waals surface area contributed by atoms with Gasteiger partial charge < -0.3 is 10.2 Å². The highest BCUT2D eigenvalue weighted by Gasteiger charge is 2.28. The predicted octanol–water partition coefficient (Wildman–Crippen LogP) is 2.49. The van der Waals surface area contributed by atoms with Gasteiger partial charge in [0.15, 0.2) is 10.9 Å². The molecule has 1 saturated heterocycles. The van der Waals surface area contributed by atoms with Gasteiger partial charge in [-0.15, -0.1) is 16.4 Å². The predicted molar refractivity (Wildman–Crippen MR) is 95.6 cm³/mol. The maximum Gasteiger partial charge on any atom is 0.321 e. The highest BCUT2D eigenvalue weighted by atomic mass is 32.1. The summed E-state index contributed by atoms with van der Waals surface area (Å²) in [6, 6.07) is 3.85. The zero-order valence-corrected chi connectivity index (χ0v) is 14.9. The Labute approximate surface area is 145 Å². The van der Waals surface area contributed by atoms with Crippen LogP contribution in [-0.2, 0) is 5.41 Å². The van der Waals surface area contributed by atoms with Crippen LogP contribution in [0.5, 0.6) is 0 Å². The minimum Gasteiger partial charge on any atom is -0.354 e. The molecule has 0 unspecified atom stereocenters. The molecule has 24 heavy (non-hydrogen) atoms. The molecular weight excluding hydrogens is 324 g/mol. The number of aromatic nitrogens is 3. The fourth-order valence-corrected chi connectivity index (χ4v) is 2.97. The Morgan fingerprint density at radius 1 is 1.33 bits per heavy atom. The summed E-state index contributed by atoms with van der Waals surface area (Å²) < 4.78 is 0. The van der Waals surface area contributed by atoms with E-state index in [0.717, 1.165) is 24.6 Å². The lowest BCUT2D eigenvalue weighted by Gasteiger charge is -2.40. The summed E-state index contributed by atoms with van der Waals surface area (Å²) in [5, 5.41) is 16.7. The Balaban J connectivity index is 1.41. The summed E-state index contributed by atoms with van der Waals surface area (Å²) in [6.07, 6.45) is 1.66. The Kier molecular flexibility index (Phi) is 4.66. The van der Waals surface area contributed by atoms with E-state index in [-0.39, 0.29) is 11.4 Å². The van der Waals surface area contributed by atoms with Crippen molar-refractivity contribution in [3.05, 3.63) is 29.4 Å². The van der Waals surface area contributed by atoms with Crippen molar-refractivity contribution in [3.8, 4) is 0 Å². The van der Waals surface area contributed by atoms with Crippen molar-refractivity contribution in [2.45, 2.75) is 26.2 Å². The third-order valence-electron chi connectivity index (χ3n) is 3.90. The number of amides is 2. The van der Waals surface area contributed by atoms with Crippen LogP contribution in [-0.4, -0.2) is 40.8 Å². The Bertz CT molecular complexity index is 674. The minimum atomic E-state index is -0.210. The molecule has 0 bridgehead atoms. The van der Waals surface area contributed by atoms with Crippen molar-refractivity contribution < 1.29 is 4.79 Å². The van der Waals surface area contributed by atoms with Gasteiger partial charge in [-0.25, -0.2) is 9.78 Å². The van der Waals surface area contributed by atoms with Crippen molar-refractivity contribution in [3.63, 3.8) is 0 Å². The van der Waals surface area contributed by atoms with Crippen LogP contribution in [0.25, 0.3) is 0 Å². The average Bonchev–Trinajstić information content (AvgIpc) is 2.98. The van der Waals surface area contributed by atoms with E-state index in [2.05, 4.69) is 51.5 Å². The first-order valence-electron chi connectivity index (χ1n) is 7.95. The van der Waals surface area contributed by atoms with Crippen LogP contribution in [0.2, 0.25) is 0 Å². The Hall–Kier alpha value is -2.22. The molecule has 1 aliphatic heterocycles. The van der Waals surface area contributed by atoms with Crippen molar-refractivity contribution in [1.29, 1.82) is 0 Å². The molecule has 1 fully saturated rings. The molecule has 3 rings (SSSR count). The molecule has 0 atom stereocenters. The summed E-state index contributed by atoms with van der Waals surface area (Å²) in [5.41, 5.74) is 1.00. The highest BCUT2D eigenvalue weighted by Crippen LogP contribution is 2.24. The normalized spacial score (nSPS) is 15.0. The van der Waals surface area contributed by atoms with Crippen LogP contribution in [0.1, 0.15) is 26.5 Å². The second kappa shape index (κ2) is 6.72. The number of carbonyl (C=O) groups is 1. The van der Waals surface area contributed by atoms with E-state index in [9.17, 15) is 4.79 Å². The van der Waals surface area contributed by atoms with Crippen molar-refractivity contribution >= 4 is 28.3 Å². The van der Waals surface area contributed by atoms with E-state index >= 15 is 0 Å². The van der Waals surface area contributed by atoms with Gasteiger partial charge in [-0.3, -0.25) is 5.32 Å². The van der Waals surface area contributed by atoms with E-state index in [1.165, 1.54) is 11.3 Å². The van der Waals surface area contributed by atoms with Crippen LogP contribution >= 0.6 is 11.3 Å². The number of rotatable bonds is 4. The highest BCUT2D eigenvalue weighted by molar-refractivity contribution is 7.13. The number of anilines is 2. The molecule has 0 saturated carbocycles. The number of hydrogen-bond donors (Lipinski definition) is 2. The molecule has 8 heteroatoms. The first kappa shape index (κ1) is 16.6. The quantitative estimate of drug-likeness (QED) is 0.889. The lowest BCUT2D eigenvalue weighted by molar-refractivity contribution is 0.248. The smallest absolute Gasteiger partial charge is 0.321 e. The van der Waals surface area contributed by atoms with Gasteiger partial charge in [0.2, 0.25) is 0 Å². The molecule has 128 valence electrons. The van der Waals surface area contributed by atoms with E-state index in [0.29, 0.717) is 17.6 Å². The number of urea groups is 1. The summed E-state index contributed by atoms with van der Waals surface area (Å²) in [7, 11) is 0. The first-order valence-corrected chi connectivity index (χ1v) is 8.83. The van der Waals surface area contributed by atoms with E-state index in [4.69, 9.17) is 0 Å². The standard InChI is InChI=1S/C16H22N6OS/c1-16(2,3)12-4-5-13(21-20-12)22-9-11(10-22)8-18-14(23)19-15-17-6-7-24-15/h4-7,11H,8-10H2,1-3H3,(H2,17,18,19,23). The van der Waals surface area contributed by atoms with Crippen LogP contribution in [0.4, 0.5) is 15.7 Å². The fourth-order valence-electron chi connectivity index (χ4n) is 2.44. The zero-order chi connectivity index (χ0) is 17.2. The molecule has 2 aromatic heterocycles. The number of nitrogens with one attached hydrogen (secondary N) is 2. The largest absolute Gasteiger partial charge is 0.354 e. The van der Waals surface area contributed by atoms with E-state index < -0.39 is 0 Å². The maximum atomic E-state index is 11.7. The van der Waals surface area contributed by atoms with Gasteiger partial charge in [-0.2, -0.15) is 5.10 Å². The molecule has 2 aromatic rings. The maximum absolute atomic E-state index is 11.7. The van der Waals surface area contributed by atoms with Gasteiger partial charge >= 0.3 is 6.03 Å². The van der Waals surface area contributed by atoms with Gasteiger partial charge in [0, 0.05) is 42.5 Å². The molecule has 0 aromatic carbocycles. The second-order valence-corrected chi connectivity index (χ2v) is 7.86. The van der Waals surface area contributed by atoms with Gasteiger partial charge in [0.1, 0.15) is 0 Å². The zero-order valence-electron chi connectivity index (χ0n) is 14.1. The van der Waals surface area contributed by atoms with Gasteiger partial charge in [0.25, 0.3) is 0 Å². The molecule has 2 amide bonds. The summed E-state index contributed by atoms with van der Waals surface area (Å²) in [4.78, 5) is 17.9. The molecule has 1 aliphatic rings. The van der Waals surface area contributed by atoms with E-state index in [1.54, 1.807) is 6.20 Å². The lowest BCUT2D eigenvalue weighted by Crippen LogP contribution is -2.52. The lowest BCUT2D eigenvalue weighted by atomic mass is 9.92. The van der Waals surface area contributed by atoms with Crippen LogP contribution in [0.15, 0.2) is 23.7 Å². The number of thiazole rings is 1. The minimum absolute atomic E-state index is 0.0116. The van der Waals surface area contributed by atoms with Gasteiger partial charge in [-0.05, 0) is 12.1 Å². The number of nitrogens with zero attached hydrogens (tertiary/aromatic N) is 4. The summed E-state index contributed by atoms with van der Waals surface area (Å²) in [5.74, 6) is 1.32. The SMILES string of the molecule is CC(C)(C)c1ccc(N2CC(CNC(=O)Nc3nccs3)C2)nn1.